The summed E-state index contributed by atoms with van der Waals surface area (Å²) in [7, 11) is 0. The molecular formula is C14H20O2. The predicted octanol–water partition coefficient (Wildman–Crippen LogP) is 3.20. The van der Waals surface area contributed by atoms with Crippen LogP contribution in [0.2, 0.25) is 0 Å². The molecule has 0 bridgehead atoms. The quantitative estimate of drug-likeness (QED) is 0.846. The van der Waals surface area contributed by atoms with E-state index in [-0.39, 0.29) is 11.8 Å². The molecule has 0 spiro atoms. The molecule has 0 aromatic heterocycles. The molecule has 88 valence electrons. The van der Waals surface area contributed by atoms with Crippen LogP contribution in [0.15, 0.2) is 18.2 Å². The number of rotatable bonds is 4. The van der Waals surface area contributed by atoms with Crippen LogP contribution in [0.1, 0.15) is 30.5 Å². The SMILES string of the molecule is Cc1ccc(CC(C)C(C)C(=O)O)cc1C. The summed E-state index contributed by atoms with van der Waals surface area (Å²) in [6.07, 6.45) is 0.828. The molecule has 0 aliphatic heterocycles. The average Bonchev–Trinajstić information content (AvgIpc) is 2.22. The number of hydrogen-bond donors (Lipinski definition) is 1. The second kappa shape index (κ2) is 5.15. The van der Waals surface area contributed by atoms with E-state index in [1.807, 2.05) is 6.92 Å². The molecule has 1 N–H and O–H groups in total. The van der Waals surface area contributed by atoms with Gasteiger partial charge in [0.05, 0.1) is 5.92 Å². The lowest BCUT2D eigenvalue weighted by atomic mass is 9.89. The molecule has 0 fully saturated rings. The summed E-state index contributed by atoms with van der Waals surface area (Å²) >= 11 is 0. The fourth-order valence-corrected chi connectivity index (χ4v) is 1.72. The standard InChI is InChI=1S/C14H20O2/c1-9-5-6-13(7-10(9)2)8-11(3)12(4)14(15)16/h5-7,11-12H,8H2,1-4H3,(H,15,16). The molecule has 0 amide bonds. The number of aryl methyl sites for hydroxylation is 2. The van der Waals surface area contributed by atoms with Gasteiger partial charge in [0.25, 0.3) is 0 Å². The van der Waals surface area contributed by atoms with Gasteiger partial charge in [-0.25, -0.2) is 0 Å². The van der Waals surface area contributed by atoms with E-state index in [1.165, 1.54) is 16.7 Å². The minimum atomic E-state index is -0.712. The van der Waals surface area contributed by atoms with Gasteiger partial charge < -0.3 is 5.11 Å². The van der Waals surface area contributed by atoms with Gasteiger partial charge in [-0.15, -0.1) is 0 Å². The first-order chi connectivity index (χ1) is 7.41. The zero-order valence-corrected chi connectivity index (χ0v) is 10.4. The lowest BCUT2D eigenvalue weighted by Gasteiger charge is -2.16. The van der Waals surface area contributed by atoms with E-state index in [0.717, 1.165) is 6.42 Å². The molecule has 1 aromatic carbocycles. The van der Waals surface area contributed by atoms with Gasteiger partial charge in [0.2, 0.25) is 0 Å². The Morgan fingerprint density at radius 3 is 2.38 bits per heavy atom. The maximum atomic E-state index is 10.9. The van der Waals surface area contributed by atoms with Crippen molar-refractivity contribution in [3.63, 3.8) is 0 Å². The van der Waals surface area contributed by atoms with Crippen LogP contribution < -0.4 is 0 Å². The van der Waals surface area contributed by atoms with Crippen molar-refractivity contribution in [1.29, 1.82) is 0 Å². The minimum Gasteiger partial charge on any atom is -0.481 e. The second-order valence-corrected chi connectivity index (χ2v) is 4.73. The number of aliphatic carboxylic acids is 1. The summed E-state index contributed by atoms with van der Waals surface area (Å²) in [6, 6.07) is 6.34. The number of carbonyl (C=O) groups is 1. The Kier molecular flexibility index (Phi) is 4.11. The fourth-order valence-electron chi connectivity index (χ4n) is 1.72. The van der Waals surface area contributed by atoms with Gasteiger partial charge in [-0.1, -0.05) is 32.0 Å². The lowest BCUT2D eigenvalue weighted by Crippen LogP contribution is -2.19. The van der Waals surface area contributed by atoms with Crippen LogP contribution in [0, 0.1) is 25.7 Å². The van der Waals surface area contributed by atoms with Gasteiger partial charge in [0, 0.05) is 0 Å². The van der Waals surface area contributed by atoms with E-state index >= 15 is 0 Å². The summed E-state index contributed by atoms with van der Waals surface area (Å²) in [5, 5.41) is 8.93. The highest BCUT2D eigenvalue weighted by atomic mass is 16.4. The summed E-state index contributed by atoms with van der Waals surface area (Å²) < 4.78 is 0. The minimum absolute atomic E-state index is 0.166. The van der Waals surface area contributed by atoms with Crippen LogP contribution in [-0.4, -0.2) is 11.1 Å². The van der Waals surface area contributed by atoms with E-state index in [2.05, 4.69) is 32.0 Å². The third-order valence-corrected chi connectivity index (χ3v) is 3.37. The Hall–Kier alpha value is -1.31. The van der Waals surface area contributed by atoms with Gasteiger partial charge in [-0.05, 0) is 42.9 Å². The molecule has 1 rings (SSSR count). The smallest absolute Gasteiger partial charge is 0.306 e. The van der Waals surface area contributed by atoms with E-state index in [4.69, 9.17) is 5.11 Å². The Labute approximate surface area is 97.3 Å². The maximum absolute atomic E-state index is 10.9. The monoisotopic (exact) mass is 220 g/mol. The van der Waals surface area contributed by atoms with E-state index in [9.17, 15) is 4.79 Å². The molecule has 0 saturated carbocycles. The third-order valence-electron chi connectivity index (χ3n) is 3.37. The zero-order chi connectivity index (χ0) is 12.3. The molecule has 2 nitrogen and oxygen atoms in total. The van der Waals surface area contributed by atoms with Gasteiger partial charge >= 0.3 is 5.97 Å². The first kappa shape index (κ1) is 12.8. The predicted molar refractivity (Wildman–Crippen MR) is 65.6 cm³/mol. The second-order valence-electron chi connectivity index (χ2n) is 4.73. The summed E-state index contributed by atoms with van der Waals surface area (Å²) in [5.41, 5.74) is 3.78. The lowest BCUT2D eigenvalue weighted by molar-refractivity contribution is -0.142. The topological polar surface area (TPSA) is 37.3 Å². The largest absolute Gasteiger partial charge is 0.481 e. The van der Waals surface area contributed by atoms with Crippen molar-refractivity contribution < 1.29 is 9.90 Å². The van der Waals surface area contributed by atoms with Crippen LogP contribution in [0.5, 0.6) is 0 Å². The van der Waals surface area contributed by atoms with Crippen molar-refractivity contribution in [2.24, 2.45) is 11.8 Å². The Morgan fingerprint density at radius 2 is 1.88 bits per heavy atom. The van der Waals surface area contributed by atoms with Gasteiger partial charge in [-0.2, -0.15) is 0 Å². The van der Waals surface area contributed by atoms with Crippen molar-refractivity contribution in [3.05, 3.63) is 34.9 Å². The van der Waals surface area contributed by atoms with Crippen molar-refractivity contribution in [3.8, 4) is 0 Å². The van der Waals surface area contributed by atoms with E-state index in [0.29, 0.717) is 0 Å². The number of benzene rings is 1. The van der Waals surface area contributed by atoms with Gasteiger partial charge in [-0.3, -0.25) is 4.79 Å². The third kappa shape index (κ3) is 3.09. The highest BCUT2D eigenvalue weighted by molar-refractivity contribution is 5.69. The van der Waals surface area contributed by atoms with Crippen molar-refractivity contribution in [2.75, 3.05) is 0 Å². The average molecular weight is 220 g/mol. The van der Waals surface area contributed by atoms with Gasteiger partial charge in [0.1, 0.15) is 0 Å². The van der Waals surface area contributed by atoms with Gasteiger partial charge in [0.15, 0.2) is 0 Å². The van der Waals surface area contributed by atoms with Crippen molar-refractivity contribution >= 4 is 5.97 Å². The molecule has 2 atom stereocenters. The molecule has 0 radical (unpaired) electrons. The number of carboxylic acids is 1. The molecule has 2 heteroatoms. The molecule has 0 saturated heterocycles. The van der Waals surface area contributed by atoms with Crippen LogP contribution in [-0.2, 0) is 11.2 Å². The molecule has 0 aliphatic rings. The molecule has 0 heterocycles. The summed E-state index contributed by atoms with van der Waals surface area (Å²) in [4.78, 5) is 10.9. The highest BCUT2D eigenvalue weighted by Crippen LogP contribution is 2.19. The molecular weight excluding hydrogens is 200 g/mol. The summed E-state index contributed by atoms with van der Waals surface area (Å²) in [5.74, 6) is -0.836. The molecule has 16 heavy (non-hydrogen) atoms. The zero-order valence-electron chi connectivity index (χ0n) is 10.4. The fraction of sp³-hybridized carbons (Fsp3) is 0.500. The Bertz CT molecular complexity index is 382. The molecule has 0 aliphatic carbocycles. The Balaban J connectivity index is 2.73. The number of carboxylic acid groups (broad SMARTS) is 1. The van der Waals surface area contributed by atoms with Crippen molar-refractivity contribution in [2.45, 2.75) is 34.1 Å². The van der Waals surface area contributed by atoms with Crippen molar-refractivity contribution in [1.82, 2.24) is 0 Å². The number of hydrogen-bond acceptors (Lipinski definition) is 1. The van der Waals surface area contributed by atoms with Crippen LogP contribution in [0.3, 0.4) is 0 Å². The highest BCUT2D eigenvalue weighted by Gasteiger charge is 2.19. The first-order valence-corrected chi connectivity index (χ1v) is 5.70. The van der Waals surface area contributed by atoms with Crippen LogP contribution in [0.4, 0.5) is 0 Å². The van der Waals surface area contributed by atoms with E-state index in [1.54, 1.807) is 6.92 Å². The molecule has 1 aromatic rings. The van der Waals surface area contributed by atoms with E-state index < -0.39 is 5.97 Å². The van der Waals surface area contributed by atoms with Crippen LogP contribution in [0.25, 0.3) is 0 Å². The summed E-state index contributed by atoms with van der Waals surface area (Å²) in [6.45, 7) is 7.94. The van der Waals surface area contributed by atoms with Crippen LogP contribution >= 0.6 is 0 Å². The Morgan fingerprint density at radius 1 is 1.25 bits per heavy atom. The first-order valence-electron chi connectivity index (χ1n) is 5.70. The normalized spacial score (nSPS) is 14.5. The molecule has 2 unspecified atom stereocenters. The maximum Gasteiger partial charge on any atom is 0.306 e.